The second-order valence-corrected chi connectivity index (χ2v) is 7.57. The van der Waals surface area contributed by atoms with Crippen LogP contribution in [0.2, 0.25) is 5.02 Å². The number of carbonyl (C=O) groups is 2. The van der Waals surface area contributed by atoms with Crippen molar-refractivity contribution in [2.45, 2.75) is 18.6 Å². The molecule has 0 radical (unpaired) electrons. The highest BCUT2D eigenvalue weighted by Gasteiger charge is 2.15. The largest absolute Gasteiger partial charge is 0.325 e. The number of hydrogen-bond acceptors (Lipinski definition) is 5. The van der Waals surface area contributed by atoms with Crippen LogP contribution in [0.25, 0.3) is 11.4 Å². The zero-order valence-corrected chi connectivity index (χ0v) is 17.3. The van der Waals surface area contributed by atoms with Crippen molar-refractivity contribution in [3.63, 3.8) is 0 Å². The highest BCUT2D eigenvalue weighted by molar-refractivity contribution is 7.99. The van der Waals surface area contributed by atoms with E-state index in [1.807, 2.05) is 22.8 Å². The van der Waals surface area contributed by atoms with Gasteiger partial charge in [0.25, 0.3) is 0 Å². The van der Waals surface area contributed by atoms with Crippen LogP contribution in [0.3, 0.4) is 0 Å². The van der Waals surface area contributed by atoms with Crippen molar-refractivity contribution in [2.75, 3.05) is 11.1 Å². The molecule has 2 aromatic carbocycles. The van der Waals surface area contributed by atoms with Crippen LogP contribution >= 0.6 is 23.4 Å². The van der Waals surface area contributed by atoms with Gasteiger partial charge in [0, 0.05) is 28.4 Å². The Morgan fingerprint density at radius 2 is 2.00 bits per heavy atom. The summed E-state index contributed by atoms with van der Waals surface area (Å²) in [7, 11) is 0. The molecule has 3 rings (SSSR count). The summed E-state index contributed by atoms with van der Waals surface area (Å²) in [5.41, 5.74) is 1.96. The number of halogens is 1. The molecule has 0 saturated carbocycles. The Hall–Kier alpha value is -2.90. The zero-order valence-electron chi connectivity index (χ0n) is 15.8. The summed E-state index contributed by atoms with van der Waals surface area (Å²) in [5, 5.41) is 12.5. The molecule has 3 aromatic rings. The van der Waals surface area contributed by atoms with E-state index in [9.17, 15) is 9.59 Å². The molecular weight excluding hydrogens is 408 g/mol. The SMILES string of the molecule is C=CCn1c(SCC(=O)Nc2cccc(C(C)=O)c2)nnc1-c1cccc(Cl)c1. The van der Waals surface area contributed by atoms with Gasteiger partial charge in [0.2, 0.25) is 5.91 Å². The molecule has 29 heavy (non-hydrogen) atoms. The summed E-state index contributed by atoms with van der Waals surface area (Å²) in [6.45, 7) is 5.77. The standard InChI is InChI=1S/C21H19ClN4O2S/c1-3-10-26-20(16-7-4-8-17(22)11-16)24-25-21(26)29-13-19(28)23-18-9-5-6-15(12-18)14(2)27/h3-9,11-12H,1,10,13H2,2H3,(H,23,28). The van der Waals surface area contributed by atoms with Gasteiger partial charge in [0.15, 0.2) is 16.8 Å². The molecule has 0 spiro atoms. The Bertz CT molecular complexity index is 1060. The van der Waals surface area contributed by atoms with Crippen molar-refractivity contribution < 1.29 is 9.59 Å². The molecular formula is C21H19ClN4O2S. The van der Waals surface area contributed by atoms with Gasteiger partial charge in [0.1, 0.15) is 0 Å². The number of aromatic nitrogens is 3. The van der Waals surface area contributed by atoms with Gasteiger partial charge in [-0.05, 0) is 31.2 Å². The number of Topliss-reactive ketones (excluding diaryl/α,β-unsaturated/α-hetero) is 1. The summed E-state index contributed by atoms with van der Waals surface area (Å²) in [4.78, 5) is 23.8. The molecule has 0 aliphatic carbocycles. The number of ketones is 1. The molecule has 6 nitrogen and oxygen atoms in total. The first-order valence-electron chi connectivity index (χ1n) is 8.81. The fourth-order valence-electron chi connectivity index (χ4n) is 2.67. The average Bonchev–Trinajstić information content (AvgIpc) is 3.09. The lowest BCUT2D eigenvalue weighted by atomic mass is 10.1. The second kappa shape index (κ2) is 9.54. The van der Waals surface area contributed by atoms with Gasteiger partial charge in [-0.25, -0.2) is 0 Å². The third kappa shape index (κ3) is 5.34. The molecule has 0 unspecified atom stereocenters. The first kappa shape index (κ1) is 20.8. The lowest BCUT2D eigenvalue weighted by Crippen LogP contribution is -2.15. The predicted octanol–water partition coefficient (Wildman–Crippen LogP) is 4.72. The number of rotatable bonds is 8. The number of hydrogen-bond donors (Lipinski definition) is 1. The Balaban J connectivity index is 1.72. The number of amides is 1. The maximum atomic E-state index is 12.3. The topological polar surface area (TPSA) is 76.9 Å². The van der Waals surface area contributed by atoms with E-state index in [4.69, 9.17) is 11.6 Å². The smallest absolute Gasteiger partial charge is 0.234 e. The number of nitrogens with zero attached hydrogens (tertiary/aromatic N) is 3. The van der Waals surface area contributed by atoms with E-state index in [1.165, 1.54) is 18.7 Å². The zero-order chi connectivity index (χ0) is 20.8. The molecule has 0 atom stereocenters. The Kier molecular flexibility index (Phi) is 6.85. The predicted molar refractivity (Wildman–Crippen MR) is 116 cm³/mol. The van der Waals surface area contributed by atoms with Crippen LogP contribution in [-0.2, 0) is 11.3 Å². The molecule has 1 N–H and O–H groups in total. The van der Waals surface area contributed by atoms with E-state index in [0.717, 1.165) is 5.56 Å². The highest BCUT2D eigenvalue weighted by atomic mass is 35.5. The number of carbonyl (C=O) groups excluding carboxylic acids is 2. The molecule has 1 amide bonds. The average molecular weight is 427 g/mol. The minimum Gasteiger partial charge on any atom is -0.325 e. The number of allylic oxidation sites excluding steroid dienone is 1. The summed E-state index contributed by atoms with van der Waals surface area (Å²) in [6.07, 6.45) is 1.74. The molecule has 8 heteroatoms. The number of thioether (sulfide) groups is 1. The van der Waals surface area contributed by atoms with E-state index in [1.54, 1.807) is 36.4 Å². The van der Waals surface area contributed by atoms with Gasteiger partial charge in [-0.1, -0.05) is 53.7 Å². The van der Waals surface area contributed by atoms with Gasteiger partial charge in [0.05, 0.1) is 5.75 Å². The first-order chi connectivity index (χ1) is 14.0. The van der Waals surface area contributed by atoms with Crippen LogP contribution in [0.4, 0.5) is 5.69 Å². The van der Waals surface area contributed by atoms with Crippen molar-refractivity contribution in [1.29, 1.82) is 0 Å². The summed E-state index contributed by atoms with van der Waals surface area (Å²) in [5.74, 6) is 0.550. The highest BCUT2D eigenvalue weighted by Crippen LogP contribution is 2.26. The van der Waals surface area contributed by atoms with Crippen molar-refractivity contribution in [1.82, 2.24) is 14.8 Å². The van der Waals surface area contributed by atoms with E-state index in [0.29, 0.717) is 33.8 Å². The van der Waals surface area contributed by atoms with Gasteiger partial charge in [-0.2, -0.15) is 0 Å². The lowest BCUT2D eigenvalue weighted by molar-refractivity contribution is -0.113. The van der Waals surface area contributed by atoms with Crippen molar-refractivity contribution >= 4 is 40.7 Å². The van der Waals surface area contributed by atoms with Crippen LogP contribution in [0.1, 0.15) is 17.3 Å². The van der Waals surface area contributed by atoms with E-state index in [2.05, 4.69) is 22.1 Å². The van der Waals surface area contributed by atoms with Crippen molar-refractivity contribution in [3.8, 4) is 11.4 Å². The molecule has 0 aliphatic heterocycles. The summed E-state index contributed by atoms with van der Waals surface area (Å²) in [6, 6.07) is 14.2. The van der Waals surface area contributed by atoms with Crippen LogP contribution in [0.5, 0.6) is 0 Å². The maximum absolute atomic E-state index is 12.3. The Morgan fingerprint density at radius 3 is 2.72 bits per heavy atom. The number of nitrogens with one attached hydrogen (secondary N) is 1. The Morgan fingerprint density at radius 1 is 1.21 bits per heavy atom. The monoisotopic (exact) mass is 426 g/mol. The molecule has 0 bridgehead atoms. The van der Waals surface area contributed by atoms with Crippen molar-refractivity contribution in [2.24, 2.45) is 0 Å². The maximum Gasteiger partial charge on any atom is 0.234 e. The number of anilines is 1. The second-order valence-electron chi connectivity index (χ2n) is 6.19. The minimum absolute atomic E-state index is 0.0541. The fraction of sp³-hybridized carbons (Fsp3) is 0.143. The normalized spacial score (nSPS) is 10.6. The van der Waals surface area contributed by atoms with Crippen LogP contribution in [0.15, 0.2) is 66.3 Å². The van der Waals surface area contributed by atoms with Gasteiger partial charge in [-0.15, -0.1) is 16.8 Å². The van der Waals surface area contributed by atoms with Gasteiger partial charge < -0.3 is 5.32 Å². The van der Waals surface area contributed by atoms with E-state index < -0.39 is 0 Å². The van der Waals surface area contributed by atoms with Crippen molar-refractivity contribution in [3.05, 3.63) is 71.8 Å². The quantitative estimate of drug-likeness (QED) is 0.320. The molecule has 1 heterocycles. The number of benzene rings is 2. The molecule has 0 aliphatic rings. The molecule has 0 saturated heterocycles. The fourth-order valence-corrected chi connectivity index (χ4v) is 3.61. The summed E-state index contributed by atoms with van der Waals surface area (Å²) < 4.78 is 1.88. The minimum atomic E-state index is -0.201. The Labute approximate surface area is 178 Å². The molecule has 0 fully saturated rings. The lowest BCUT2D eigenvalue weighted by Gasteiger charge is -2.09. The van der Waals surface area contributed by atoms with Crippen LogP contribution < -0.4 is 5.32 Å². The van der Waals surface area contributed by atoms with Gasteiger partial charge in [-0.3, -0.25) is 14.2 Å². The van der Waals surface area contributed by atoms with Crippen LogP contribution in [0, 0.1) is 0 Å². The van der Waals surface area contributed by atoms with Gasteiger partial charge >= 0.3 is 0 Å². The summed E-state index contributed by atoms with van der Waals surface area (Å²) >= 11 is 7.36. The molecule has 148 valence electrons. The van der Waals surface area contributed by atoms with Crippen LogP contribution in [-0.4, -0.2) is 32.2 Å². The van der Waals surface area contributed by atoms with E-state index >= 15 is 0 Å². The first-order valence-corrected chi connectivity index (χ1v) is 10.2. The third-order valence-corrected chi connectivity index (χ3v) is 5.20. The third-order valence-electron chi connectivity index (χ3n) is 4.00. The molecule has 1 aromatic heterocycles. The van der Waals surface area contributed by atoms with E-state index in [-0.39, 0.29) is 17.4 Å².